The fraction of sp³-hybridized carbons (Fsp3) is 0.857. The minimum Gasteiger partial charge on any atom is -0.340 e. The molecular weight excluding hydrogens is 356 g/mol. The van der Waals surface area contributed by atoms with E-state index in [1.54, 1.807) is 4.90 Å². The van der Waals surface area contributed by atoms with Crippen molar-refractivity contribution in [3.8, 4) is 0 Å². The van der Waals surface area contributed by atoms with Crippen molar-refractivity contribution in [3.63, 3.8) is 0 Å². The summed E-state index contributed by atoms with van der Waals surface area (Å²) in [6, 6.07) is -0.420. The zero-order chi connectivity index (χ0) is 21.1. The lowest BCUT2D eigenvalue weighted by Crippen LogP contribution is -2.51. The van der Waals surface area contributed by atoms with Crippen molar-refractivity contribution < 1.29 is 14.4 Å². The monoisotopic (exact) mass is 394 g/mol. The van der Waals surface area contributed by atoms with Crippen molar-refractivity contribution in [1.29, 1.82) is 0 Å². The first-order valence-corrected chi connectivity index (χ1v) is 10.6. The van der Waals surface area contributed by atoms with Crippen molar-refractivity contribution in [1.82, 2.24) is 20.0 Å². The Kier molecular flexibility index (Phi) is 7.12. The first kappa shape index (κ1) is 22.7. The first-order valence-electron chi connectivity index (χ1n) is 10.6. The van der Waals surface area contributed by atoms with E-state index in [1.807, 2.05) is 25.9 Å². The topological polar surface area (TPSA) is 73.0 Å². The summed E-state index contributed by atoms with van der Waals surface area (Å²) in [5, 5.41) is 2.93. The van der Waals surface area contributed by atoms with Crippen molar-refractivity contribution in [2.45, 2.75) is 65.3 Å². The zero-order valence-electron chi connectivity index (χ0n) is 18.5. The van der Waals surface area contributed by atoms with E-state index in [0.717, 1.165) is 30.7 Å². The number of rotatable bonds is 7. The standard InChI is InChI=1S/C21H38N4O3/c1-7-12-24(14-13-23(5)6)17(26)15-25-18(27)21(22-19(25)28)10-8-16(9-11-21)20(2,3)4/h16H,7-15H2,1-6H3,(H,22,28). The van der Waals surface area contributed by atoms with Crippen LogP contribution in [0.4, 0.5) is 4.79 Å². The molecule has 0 radical (unpaired) electrons. The molecule has 1 heterocycles. The van der Waals surface area contributed by atoms with Crippen LogP contribution in [0.2, 0.25) is 0 Å². The lowest BCUT2D eigenvalue weighted by molar-refractivity contribution is -0.140. The van der Waals surface area contributed by atoms with Crippen LogP contribution in [0.15, 0.2) is 0 Å². The van der Waals surface area contributed by atoms with Crippen molar-refractivity contribution >= 4 is 17.8 Å². The van der Waals surface area contributed by atoms with Crippen molar-refractivity contribution in [3.05, 3.63) is 0 Å². The molecule has 1 aliphatic heterocycles. The molecule has 0 unspecified atom stereocenters. The van der Waals surface area contributed by atoms with E-state index in [0.29, 0.717) is 31.8 Å². The summed E-state index contributed by atoms with van der Waals surface area (Å²) in [4.78, 5) is 43.3. The third kappa shape index (κ3) is 5.04. The number of hydrogen-bond acceptors (Lipinski definition) is 4. The van der Waals surface area contributed by atoms with E-state index in [9.17, 15) is 14.4 Å². The third-order valence-electron chi connectivity index (χ3n) is 6.27. The summed E-state index contributed by atoms with van der Waals surface area (Å²) in [6.07, 6.45) is 3.99. The second-order valence-electron chi connectivity index (χ2n) is 9.73. The van der Waals surface area contributed by atoms with Crippen LogP contribution in [0.1, 0.15) is 59.8 Å². The van der Waals surface area contributed by atoms with Gasteiger partial charge in [-0.2, -0.15) is 0 Å². The zero-order valence-corrected chi connectivity index (χ0v) is 18.5. The summed E-state index contributed by atoms with van der Waals surface area (Å²) in [5.74, 6) is 0.166. The van der Waals surface area contributed by atoms with Gasteiger partial charge in [-0.25, -0.2) is 4.79 Å². The molecule has 0 bridgehead atoms. The molecule has 1 saturated heterocycles. The van der Waals surface area contributed by atoms with Gasteiger partial charge >= 0.3 is 6.03 Å². The predicted molar refractivity (Wildman–Crippen MR) is 110 cm³/mol. The highest BCUT2D eigenvalue weighted by atomic mass is 16.2. The van der Waals surface area contributed by atoms with Gasteiger partial charge in [-0.1, -0.05) is 27.7 Å². The van der Waals surface area contributed by atoms with Crippen LogP contribution in [0.3, 0.4) is 0 Å². The van der Waals surface area contributed by atoms with Gasteiger partial charge in [-0.3, -0.25) is 14.5 Å². The third-order valence-corrected chi connectivity index (χ3v) is 6.27. The maximum Gasteiger partial charge on any atom is 0.325 e. The summed E-state index contributed by atoms with van der Waals surface area (Å²) >= 11 is 0. The molecule has 1 aliphatic carbocycles. The van der Waals surface area contributed by atoms with Crippen LogP contribution < -0.4 is 5.32 Å². The first-order chi connectivity index (χ1) is 13.0. The Balaban J connectivity index is 2.02. The molecule has 0 atom stereocenters. The highest BCUT2D eigenvalue weighted by Crippen LogP contribution is 2.43. The number of nitrogens with one attached hydrogen (secondary N) is 1. The fourth-order valence-electron chi connectivity index (χ4n) is 4.32. The van der Waals surface area contributed by atoms with Gasteiger partial charge in [0.15, 0.2) is 0 Å². The number of imide groups is 1. The fourth-order valence-corrected chi connectivity index (χ4v) is 4.32. The quantitative estimate of drug-likeness (QED) is 0.673. The molecule has 1 N–H and O–H groups in total. The molecule has 2 aliphatic rings. The number of urea groups is 1. The Morgan fingerprint density at radius 3 is 2.25 bits per heavy atom. The van der Waals surface area contributed by atoms with Gasteiger partial charge in [-0.05, 0) is 57.5 Å². The summed E-state index contributed by atoms with van der Waals surface area (Å²) in [5.41, 5.74) is -0.603. The highest BCUT2D eigenvalue weighted by molar-refractivity contribution is 6.09. The van der Waals surface area contributed by atoms with Gasteiger partial charge < -0.3 is 15.1 Å². The van der Waals surface area contributed by atoms with E-state index < -0.39 is 11.6 Å². The Morgan fingerprint density at radius 1 is 1.14 bits per heavy atom. The lowest BCUT2D eigenvalue weighted by Gasteiger charge is -2.40. The second kappa shape index (κ2) is 8.80. The predicted octanol–water partition coefficient (Wildman–Crippen LogP) is 2.31. The Labute approximate surface area is 169 Å². The van der Waals surface area contributed by atoms with Crippen LogP contribution in [0, 0.1) is 11.3 Å². The molecular formula is C21H38N4O3. The number of carbonyl (C=O) groups is 3. The molecule has 0 aromatic heterocycles. The van der Waals surface area contributed by atoms with Crippen LogP contribution >= 0.6 is 0 Å². The lowest BCUT2D eigenvalue weighted by atomic mass is 9.67. The largest absolute Gasteiger partial charge is 0.340 e. The van der Waals surface area contributed by atoms with Crippen molar-refractivity contribution in [2.24, 2.45) is 11.3 Å². The van der Waals surface area contributed by atoms with E-state index in [-0.39, 0.29) is 23.8 Å². The van der Waals surface area contributed by atoms with Gasteiger partial charge in [0.1, 0.15) is 12.1 Å². The number of nitrogens with zero attached hydrogens (tertiary/aromatic N) is 3. The van der Waals surface area contributed by atoms with E-state index in [1.165, 1.54) is 0 Å². The van der Waals surface area contributed by atoms with Gasteiger partial charge in [0.25, 0.3) is 5.91 Å². The van der Waals surface area contributed by atoms with Crippen LogP contribution in [0.5, 0.6) is 0 Å². The molecule has 1 spiro atoms. The van der Waals surface area contributed by atoms with Gasteiger partial charge in [0.2, 0.25) is 5.91 Å². The summed E-state index contributed by atoms with van der Waals surface area (Å²) in [7, 11) is 3.92. The average molecular weight is 395 g/mol. The smallest absolute Gasteiger partial charge is 0.325 e. The number of carbonyl (C=O) groups excluding carboxylic acids is 3. The number of likely N-dealkylation sites (N-methyl/N-ethyl adjacent to an activating group) is 1. The number of hydrogen-bond donors (Lipinski definition) is 1. The molecule has 28 heavy (non-hydrogen) atoms. The Bertz CT molecular complexity index is 589. The maximum absolute atomic E-state index is 13.1. The molecule has 7 nitrogen and oxygen atoms in total. The minimum absolute atomic E-state index is 0.160. The van der Waals surface area contributed by atoms with Crippen molar-refractivity contribution in [2.75, 3.05) is 40.3 Å². The average Bonchev–Trinajstić information content (AvgIpc) is 2.82. The summed E-state index contributed by atoms with van der Waals surface area (Å²) < 4.78 is 0. The second-order valence-corrected chi connectivity index (χ2v) is 9.73. The Hall–Kier alpha value is -1.63. The minimum atomic E-state index is -0.807. The molecule has 0 aromatic rings. The molecule has 1 saturated carbocycles. The Morgan fingerprint density at radius 2 is 1.75 bits per heavy atom. The molecule has 2 fully saturated rings. The molecule has 2 rings (SSSR count). The van der Waals surface area contributed by atoms with Gasteiger partial charge in [0, 0.05) is 19.6 Å². The van der Waals surface area contributed by atoms with Crippen LogP contribution in [-0.4, -0.2) is 78.4 Å². The van der Waals surface area contributed by atoms with Crippen LogP contribution in [0.25, 0.3) is 0 Å². The molecule has 7 heteroatoms. The summed E-state index contributed by atoms with van der Waals surface area (Å²) in [6.45, 7) is 10.5. The van der Waals surface area contributed by atoms with Gasteiger partial charge in [-0.15, -0.1) is 0 Å². The maximum atomic E-state index is 13.1. The SMILES string of the molecule is CCCN(CCN(C)C)C(=O)CN1C(=O)NC2(CCC(C(C)(C)C)CC2)C1=O. The van der Waals surface area contributed by atoms with Crippen LogP contribution in [-0.2, 0) is 9.59 Å². The highest BCUT2D eigenvalue weighted by Gasteiger charge is 2.53. The van der Waals surface area contributed by atoms with E-state index >= 15 is 0 Å². The van der Waals surface area contributed by atoms with E-state index in [2.05, 4.69) is 26.1 Å². The van der Waals surface area contributed by atoms with Gasteiger partial charge in [0.05, 0.1) is 0 Å². The molecule has 4 amide bonds. The van der Waals surface area contributed by atoms with E-state index in [4.69, 9.17) is 0 Å². The normalized spacial score (nSPS) is 25.5. The molecule has 0 aromatic carbocycles. The number of amides is 4. The molecule has 160 valence electrons.